The van der Waals surface area contributed by atoms with Crippen LogP contribution in [-0.2, 0) is 4.79 Å². The Morgan fingerprint density at radius 2 is 1.50 bits per heavy atom. The molecule has 1 aromatic rings. The molecule has 106 valence electrons. The van der Waals surface area contributed by atoms with Gasteiger partial charge in [-0.05, 0) is 0 Å². The molecule has 0 saturated heterocycles. The lowest BCUT2D eigenvalue weighted by Crippen LogP contribution is -2.23. The summed E-state index contributed by atoms with van der Waals surface area (Å²) < 4.78 is 0. The van der Waals surface area contributed by atoms with Gasteiger partial charge in [-0.2, -0.15) is 0 Å². The predicted octanol–water partition coefficient (Wildman–Crippen LogP) is 0.308. The number of anilines is 1. The molecule has 0 aliphatic rings. The predicted molar refractivity (Wildman–Crippen MR) is 64.1 cm³/mol. The van der Waals surface area contributed by atoms with Crippen LogP contribution in [0.1, 0.15) is 0 Å². The Labute approximate surface area is 109 Å². The Balaban J connectivity index is 3.59. The maximum atomic E-state index is 11.1. The van der Waals surface area contributed by atoms with E-state index >= 15 is 0 Å². The van der Waals surface area contributed by atoms with Gasteiger partial charge in [0.05, 0.1) is 33.4 Å². The lowest BCUT2D eigenvalue weighted by atomic mass is 10.2. The van der Waals surface area contributed by atoms with Gasteiger partial charge in [0.1, 0.15) is 0 Å². The van der Waals surface area contributed by atoms with E-state index in [0.29, 0.717) is 12.1 Å². The number of rotatable bonds is 5. The summed E-state index contributed by atoms with van der Waals surface area (Å²) in [6, 6.07) is 1.03. The zero-order valence-electron chi connectivity index (χ0n) is 9.64. The summed E-state index contributed by atoms with van der Waals surface area (Å²) in [5.41, 5.74) is 1.47. The van der Waals surface area contributed by atoms with Crippen LogP contribution in [0.3, 0.4) is 0 Å². The number of nitrogens with zero attached hydrogens (tertiary/aromatic N) is 3. The first kappa shape index (κ1) is 14.9. The number of non-ortho nitro benzene ring substituents is 1. The van der Waals surface area contributed by atoms with Crippen molar-refractivity contribution in [3.8, 4) is 0 Å². The molecule has 1 amide bonds. The average molecular weight is 285 g/mol. The number of nitro benzene ring substituents is 3. The van der Waals surface area contributed by atoms with Crippen LogP contribution in [0.4, 0.5) is 22.7 Å². The fourth-order valence-corrected chi connectivity index (χ4v) is 1.31. The van der Waals surface area contributed by atoms with E-state index in [-0.39, 0.29) is 0 Å². The second-order valence-corrected chi connectivity index (χ2v) is 3.38. The molecule has 0 unspecified atom stereocenters. The zero-order valence-corrected chi connectivity index (χ0v) is 9.64. The number of carbonyl (C=O) groups excluding carboxylic acids is 1. The average Bonchev–Trinajstić information content (AvgIpc) is 2.37. The van der Waals surface area contributed by atoms with Gasteiger partial charge in [0, 0.05) is 0 Å². The van der Waals surface area contributed by atoms with E-state index in [1.54, 1.807) is 0 Å². The number of amides is 1. The van der Waals surface area contributed by atoms with Gasteiger partial charge in [-0.1, -0.05) is 0 Å². The number of nitrogens with two attached hydrogens (primary N) is 1. The molecule has 0 aliphatic carbocycles. The fourth-order valence-electron chi connectivity index (χ4n) is 1.31. The molecule has 0 aromatic heterocycles. The quantitative estimate of drug-likeness (QED) is 0.571. The molecule has 0 heterocycles. The highest BCUT2D eigenvalue weighted by atomic mass is 16.6. The molecule has 0 aliphatic heterocycles. The number of nitro groups is 3. The number of carbonyl (C=O) groups is 1. The first-order chi connectivity index (χ1) is 9.27. The summed E-state index contributed by atoms with van der Waals surface area (Å²) in [7, 11) is 0. The van der Waals surface area contributed by atoms with Crippen molar-refractivity contribution in [2.75, 3.05) is 11.9 Å². The summed E-state index contributed by atoms with van der Waals surface area (Å²) in [6.07, 6.45) is 0. The first-order valence-corrected chi connectivity index (χ1v) is 4.89. The summed E-state index contributed by atoms with van der Waals surface area (Å²) in [5.74, 6) is -0.912. The van der Waals surface area contributed by atoms with Crippen LogP contribution in [-0.4, -0.2) is 27.2 Å². The molecule has 12 nitrogen and oxygen atoms in total. The summed E-state index contributed by atoms with van der Waals surface area (Å²) in [4.78, 5) is 40.2. The molecule has 0 radical (unpaired) electrons. The van der Waals surface area contributed by atoms with Crippen LogP contribution in [0.2, 0.25) is 0 Å². The van der Waals surface area contributed by atoms with Gasteiger partial charge in [-0.3, -0.25) is 35.1 Å². The Kier molecular flexibility index (Phi) is 4.22. The Morgan fingerprint density at radius 1 is 1.05 bits per heavy atom. The Morgan fingerprint density at radius 3 is 1.80 bits per heavy atom. The van der Waals surface area contributed by atoms with Crippen LogP contribution < -0.4 is 11.1 Å². The fraction of sp³-hybridized carbons (Fsp3) is 0.125. The standard InChI is InChI=1S/C8H7N5O7/c9-3-7(14)10-8-5(12(17)18)1-4(11(15)16)2-6(8)13(19)20/h1-2H,3,9H2,(H,10,14). The third-order valence-electron chi connectivity index (χ3n) is 2.14. The van der Waals surface area contributed by atoms with Gasteiger partial charge in [-0.25, -0.2) is 0 Å². The van der Waals surface area contributed by atoms with E-state index in [2.05, 4.69) is 0 Å². The number of nitrogens with one attached hydrogen (secondary N) is 1. The molecular weight excluding hydrogens is 278 g/mol. The van der Waals surface area contributed by atoms with E-state index in [0.717, 1.165) is 0 Å². The molecule has 1 rings (SSSR count). The molecule has 0 spiro atoms. The number of hydrogen-bond acceptors (Lipinski definition) is 8. The molecular formula is C8H7N5O7. The van der Waals surface area contributed by atoms with Crippen LogP contribution in [0, 0.1) is 30.3 Å². The minimum Gasteiger partial charge on any atom is -0.322 e. The SMILES string of the molecule is NCC(=O)Nc1c([N+](=O)[O-])cc([N+](=O)[O-])cc1[N+](=O)[O-]. The molecule has 0 saturated carbocycles. The van der Waals surface area contributed by atoms with E-state index in [4.69, 9.17) is 5.73 Å². The van der Waals surface area contributed by atoms with E-state index in [1.807, 2.05) is 5.32 Å². The minimum atomic E-state index is -1.08. The van der Waals surface area contributed by atoms with E-state index < -0.39 is 50.0 Å². The van der Waals surface area contributed by atoms with Crippen molar-refractivity contribution >= 4 is 28.7 Å². The van der Waals surface area contributed by atoms with Crippen molar-refractivity contribution in [2.45, 2.75) is 0 Å². The second kappa shape index (κ2) is 5.66. The smallest absolute Gasteiger partial charge is 0.306 e. The first-order valence-electron chi connectivity index (χ1n) is 4.89. The Bertz CT molecular complexity index is 578. The molecule has 0 bridgehead atoms. The topological polar surface area (TPSA) is 185 Å². The molecule has 3 N–H and O–H groups in total. The van der Waals surface area contributed by atoms with Crippen molar-refractivity contribution in [3.63, 3.8) is 0 Å². The van der Waals surface area contributed by atoms with Crippen molar-refractivity contribution in [1.29, 1.82) is 0 Å². The van der Waals surface area contributed by atoms with Crippen molar-refractivity contribution < 1.29 is 19.6 Å². The normalized spacial score (nSPS) is 9.85. The van der Waals surface area contributed by atoms with E-state index in [1.165, 1.54) is 0 Å². The van der Waals surface area contributed by atoms with Gasteiger partial charge < -0.3 is 11.1 Å². The number of benzene rings is 1. The molecule has 20 heavy (non-hydrogen) atoms. The summed E-state index contributed by atoms with van der Waals surface area (Å²) in [5, 5.41) is 34.1. The third kappa shape index (κ3) is 2.99. The molecule has 0 atom stereocenters. The third-order valence-corrected chi connectivity index (χ3v) is 2.14. The monoisotopic (exact) mass is 285 g/mol. The van der Waals surface area contributed by atoms with Crippen molar-refractivity contribution in [3.05, 3.63) is 42.5 Å². The maximum Gasteiger partial charge on any atom is 0.306 e. The lowest BCUT2D eigenvalue weighted by molar-refractivity contribution is -0.401. The van der Waals surface area contributed by atoms with Gasteiger partial charge in [0.15, 0.2) is 5.69 Å². The van der Waals surface area contributed by atoms with E-state index in [9.17, 15) is 35.1 Å². The minimum absolute atomic E-state index is 0.513. The van der Waals surface area contributed by atoms with Crippen LogP contribution in [0.25, 0.3) is 0 Å². The van der Waals surface area contributed by atoms with Crippen molar-refractivity contribution in [2.24, 2.45) is 5.73 Å². The Hall–Kier alpha value is -3.15. The van der Waals surface area contributed by atoms with Gasteiger partial charge in [-0.15, -0.1) is 0 Å². The lowest BCUT2D eigenvalue weighted by Gasteiger charge is -2.05. The van der Waals surface area contributed by atoms with Gasteiger partial charge in [0.25, 0.3) is 5.69 Å². The molecule has 0 fully saturated rings. The summed E-state index contributed by atoms with van der Waals surface area (Å²) in [6.45, 7) is -0.564. The van der Waals surface area contributed by atoms with Gasteiger partial charge >= 0.3 is 11.4 Å². The second-order valence-electron chi connectivity index (χ2n) is 3.38. The van der Waals surface area contributed by atoms with Crippen LogP contribution in [0.5, 0.6) is 0 Å². The highest BCUT2D eigenvalue weighted by molar-refractivity contribution is 5.97. The maximum absolute atomic E-state index is 11.1. The zero-order chi connectivity index (χ0) is 15.4. The highest BCUT2D eigenvalue weighted by Gasteiger charge is 2.31. The molecule has 1 aromatic carbocycles. The highest BCUT2D eigenvalue weighted by Crippen LogP contribution is 2.38. The summed E-state index contributed by atoms with van der Waals surface area (Å²) >= 11 is 0. The van der Waals surface area contributed by atoms with Crippen LogP contribution in [0.15, 0.2) is 12.1 Å². The molecule has 12 heteroatoms. The largest absolute Gasteiger partial charge is 0.322 e. The van der Waals surface area contributed by atoms with Crippen LogP contribution >= 0.6 is 0 Å². The van der Waals surface area contributed by atoms with Crippen molar-refractivity contribution in [1.82, 2.24) is 0 Å². The van der Waals surface area contributed by atoms with Gasteiger partial charge in [0.2, 0.25) is 5.91 Å². The number of hydrogen-bond donors (Lipinski definition) is 2.